The zero-order chi connectivity index (χ0) is 15.0. The van der Waals surface area contributed by atoms with Crippen molar-refractivity contribution >= 4 is 39.3 Å². The summed E-state index contributed by atoms with van der Waals surface area (Å²) in [5.74, 6) is -0.983. The molecule has 0 aliphatic heterocycles. The fourth-order valence-electron chi connectivity index (χ4n) is 2.95. The van der Waals surface area contributed by atoms with Crippen LogP contribution in [0.4, 0.5) is 0 Å². The Morgan fingerprint density at radius 3 is 2.90 bits per heavy atom. The van der Waals surface area contributed by atoms with E-state index in [1.54, 1.807) is 10.6 Å². The fourth-order valence-corrected chi connectivity index (χ4v) is 4.61. The van der Waals surface area contributed by atoms with Crippen LogP contribution in [-0.2, 0) is 10.3 Å². The minimum Gasteiger partial charge on any atom is -0.481 e. The molecule has 1 fully saturated rings. The first kappa shape index (κ1) is 14.6. The summed E-state index contributed by atoms with van der Waals surface area (Å²) >= 11 is 2.55. The van der Waals surface area contributed by atoms with Gasteiger partial charge >= 0.3 is 5.97 Å². The highest BCUT2D eigenvalue weighted by molar-refractivity contribution is 7.99. The molecule has 0 aromatic carbocycles. The first-order chi connectivity index (χ1) is 10.0. The summed E-state index contributed by atoms with van der Waals surface area (Å²) in [6.07, 6.45) is 4.05. The molecule has 0 bridgehead atoms. The van der Waals surface area contributed by atoms with Gasteiger partial charge in [-0.05, 0) is 31.2 Å². The number of carboxylic acid groups (broad SMARTS) is 1. The Hall–Kier alpha value is -1.34. The maximum Gasteiger partial charge on any atom is 0.313 e. The molecule has 0 radical (unpaired) electrons. The molecule has 1 aliphatic carbocycles. The van der Waals surface area contributed by atoms with Gasteiger partial charge in [0.25, 0.3) is 5.56 Å². The molecule has 2 aromatic rings. The lowest BCUT2D eigenvalue weighted by atomic mass is 10.0. The van der Waals surface area contributed by atoms with Crippen LogP contribution in [0.3, 0.4) is 0 Å². The van der Waals surface area contributed by atoms with Gasteiger partial charge in [0, 0.05) is 5.54 Å². The zero-order valence-corrected chi connectivity index (χ0v) is 13.3. The molecule has 5 nitrogen and oxygen atoms in total. The van der Waals surface area contributed by atoms with E-state index in [9.17, 15) is 9.59 Å². The molecule has 0 unspecified atom stereocenters. The number of fused-ring (bicyclic) bond motifs is 1. The molecule has 0 saturated heterocycles. The summed E-state index contributed by atoms with van der Waals surface area (Å²) in [5.41, 5.74) is -0.292. The predicted octanol–water partition coefficient (Wildman–Crippen LogP) is 2.92. The van der Waals surface area contributed by atoms with E-state index in [-0.39, 0.29) is 16.9 Å². The van der Waals surface area contributed by atoms with Crippen molar-refractivity contribution in [3.05, 3.63) is 21.8 Å². The Bertz CT molecular complexity index is 744. The number of carbonyl (C=O) groups is 1. The molecule has 3 rings (SSSR count). The fraction of sp³-hybridized carbons (Fsp3) is 0.500. The van der Waals surface area contributed by atoms with Crippen LogP contribution in [0, 0.1) is 0 Å². The number of rotatable bonds is 4. The second kappa shape index (κ2) is 5.46. The molecule has 1 saturated carbocycles. The van der Waals surface area contributed by atoms with Gasteiger partial charge in [-0.15, -0.1) is 11.3 Å². The number of thioether (sulfide) groups is 1. The summed E-state index contributed by atoms with van der Waals surface area (Å²) in [7, 11) is 0. The molecule has 112 valence electrons. The normalized spacial score (nSPS) is 17.4. The van der Waals surface area contributed by atoms with Crippen LogP contribution in [0.25, 0.3) is 10.2 Å². The lowest BCUT2D eigenvalue weighted by Gasteiger charge is -2.28. The maximum atomic E-state index is 12.8. The van der Waals surface area contributed by atoms with Gasteiger partial charge in [0.1, 0.15) is 4.83 Å². The lowest BCUT2D eigenvalue weighted by Crippen LogP contribution is -2.38. The van der Waals surface area contributed by atoms with Gasteiger partial charge in [0.15, 0.2) is 5.16 Å². The largest absolute Gasteiger partial charge is 0.481 e. The van der Waals surface area contributed by atoms with Gasteiger partial charge in [0.2, 0.25) is 0 Å². The monoisotopic (exact) mass is 324 g/mol. The van der Waals surface area contributed by atoms with Crippen molar-refractivity contribution in [2.75, 3.05) is 5.75 Å². The smallest absolute Gasteiger partial charge is 0.313 e. The third-order valence-corrected chi connectivity index (χ3v) is 5.74. The van der Waals surface area contributed by atoms with Gasteiger partial charge in [-0.2, -0.15) is 0 Å². The average molecular weight is 324 g/mol. The van der Waals surface area contributed by atoms with Gasteiger partial charge in [-0.1, -0.05) is 24.6 Å². The molecule has 0 amide bonds. The quantitative estimate of drug-likeness (QED) is 0.691. The summed E-state index contributed by atoms with van der Waals surface area (Å²) in [6, 6.07) is 1.80. The van der Waals surface area contributed by atoms with Gasteiger partial charge in [-0.3, -0.25) is 14.2 Å². The second-order valence-corrected chi connectivity index (χ2v) is 7.40. The van der Waals surface area contributed by atoms with Crippen LogP contribution in [0.15, 0.2) is 21.4 Å². The van der Waals surface area contributed by atoms with Crippen LogP contribution in [0.1, 0.15) is 32.6 Å². The van der Waals surface area contributed by atoms with Crippen LogP contribution in [-0.4, -0.2) is 26.4 Å². The van der Waals surface area contributed by atoms with Crippen LogP contribution in [0.5, 0.6) is 0 Å². The minimum atomic E-state index is -0.899. The van der Waals surface area contributed by atoms with E-state index in [1.807, 2.05) is 5.38 Å². The number of hydrogen-bond donors (Lipinski definition) is 1. The van der Waals surface area contributed by atoms with Crippen molar-refractivity contribution < 1.29 is 9.90 Å². The molecule has 0 spiro atoms. The third-order valence-electron chi connectivity index (χ3n) is 4.01. The Morgan fingerprint density at radius 1 is 1.52 bits per heavy atom. The maximum absolute atomic E-state index is 12.8. The molecule has 2 aromatic heterocycles. The molecule has 1 aliphatic rings. The summed E-state index contributed by atoms with van der Waals surface area (Å²) in [4.78, 5) is 28.9. The topological polar surface area (TPSA) is 72.2 Å². The van der Waals surface area contributed by atoms with Crippen molar-refractivity contribution in [2.24, 2.45) is 0 Å². The van der Waals surface area contributed by atoms with E-state index < -0.39 is 5.97 Å². The van der Waals surface area contributed by atoms with Gasteiger partial charge in [-0.25, -0.2) is 4.98 Å². The molecular weight excluding hydrogens is 308 g/mol. The summed E-state index contributed by atoms with van der Waals surface area (Å²) in [5, 5.41) is 11.9. The Kier molecular flexibility index (Phi) is 3.79. The molecule has 0 atom stereocenters. The number of carboxylic acids is 1. The highest BCUT2D eigenvalue weighted by Crippen LogP contribution is 2.38. The standard InChI is InChI=1S/C14H16N2O3S2/c1-14(5-2-3-6-14)16-12(19)9-4-7-20-11(9)15-13(16)21-8-10(17)18/h4,7H,2-3,5-6,8H2,1H3,(H,17,18). The Morgan fingerprint density at radius 2 is 2.24 bits per heavy atom. The minimum absolute atomic E-state index is 0.0430. The van der Waals surface area contributed by atoms with E-state index in [0.717, 1.165) is 37.4 Å². The van der Waals surface area contributed by atoms with E-state index in [1.165, 1.54) is 11.3 Å². The van der Waals surface area contributed by atoms with Crippen molar-refractivity contribution in [3.8, 4) is 0 Å². The number of hydrogen-bond acceptors (Lipinski definition) is 5. The van der Waals surface area contributed by atoms with E-state index in [4.69, 9.17) is 5.11 Å². The van der Waals surface area contributed by atoms with Crippen molar-refractivity contribution in [1.29, 1.82) is 0 Å². The van der Waals surface area contributed by atoms with Crippen molar-refractivity contribution in [2.45, 2.75) is 43.3 Å². The molecule has 1 N–H and O–H groups in total. The Labute approximate surface area is 130 Å². The van der Waals surface area contributed by atoms with Gasteiger partial charge in [0.05, 0.1) is 11.1 Å². The first-order valence-electron chi connectivity index (χ1n) is 6.87. The number of aliphatic carboxylic acids is 1. The summed E-state index contributed by atoms with van der Waals surface area (Å²) in [6.45, 7) is 2.08. The highest BCUT2D eigenvalue weighted by Gasteiger charge is 2.34. The lowest BCUT2D eigenvalue weighted by molar-refractivity contribution is -0.133. The number of thiophene rings is 1. The SMILES string of the molecule is CC1(n2c(SCC(=O)O)nc3sccc3c2=O)CCCC1. The summed E-state index contributed by atoms with van der Waals surface area (Å²) < 4.78 is 1.74. The third kappa shape index (κ3) is 2.60. The molecular formula is C14H16N2O3S2. The molecule has 21 heavy (non-hydrogen) atoms. The first-order valence-corrected chi connectivity index (χ1v) is 8.73. The van der Waals surface area contributed by atoms with Crippen LogP contribution >= 0.6 is 23.1 Å². The Balaban J connectivity index is 2.18. The predicted molar refractivity (Wildman–Crippen MR) is 84.4 cm³/mol. The van der Waals surface area contributed by atoms with Crippen molar-refractivity contribution in [1.82, 2.24) is 9.55 Å². The van der Waals surface area contributed by atoms with E-state index >= 15 is 0 Å². The van der Waals surface area contributed by atoms with E-state index in [2.05, 4.69) is 11.9 Å². The molecule has 7 heteroatoms. The second-order valence-electron chi connectivity index (χ2n) is 5.56. The molecule has 2 heterocycles. The number of nitrogens with zero attached hydrogens (tertiary/aromatic N) is 2. The zero-order valence-electron chi connectivity index (χ0n) is 11.7. The van der Waals surface area contributed by atoms with Crippen molar-refractivity contribution in [3.63, 3.8) is 0 Å². The number of aromatic nitrogens is 2. The van der Waals surface area contributed by atoms with E-state index in [0.29, 0.717) is 15.4 Å². The van der Waals surface area contributed by atoms with Crippen LogP contribution < -0.4 is 5.56 Å². The average Bonchev–Trinajstić information content (AvgIpc) is 3.05. The highest BCUT2D eigenvalue weighted by atomic mass is 32.2. The van der Waals surface area contributed by atoms with Crippen LogP contribution in [0.2, 0.25) is 0 Å². The van der Waals surface area contributed by atoms with Gasteiger partial charge < -0.3 is 5.11 Å².